The van der Waals surface area contributed by atoms with E-state index < -0.39 is 24.0 Å². The third kappa shape index (κ3) is 5.51. The minimum Gasteiger partial charge on any atom is -0.455 e. The number of nitrogens with one attached hydrogen (secondary N) is 1. The first-order valence-corrected chi connectivity index (χ1v) is 8.76. The molecule has 6 heteroatoms. The van der Waals surface area contributed by atoms with Crippen LogP contribution in [0.2, 0.25) is 0 Å². The number of carbonyl (C=O) groups excluding carboxylic acids is 2. The minimum absolute atomic E-state index is 0.195. The zero-order chi connectivity index (χ0) is 19.3. The van der Waals surface area contributed by atoms with Gasteiger partial charge in [0.2, 0.25) is 0 Å². The molecular formula is C20H27NO5. The van der Waals surface area contributed by atoms with E-state index in [-0.39, 0.29) is 11.7 Å². The molecule has 1 aliphatic rings. The maximum absolute atomic E-state index is 13.2. The molecular weight excluding hydrogens is 334 g/mol. The van der Waals surface area contributed by atoms with E-state index in [4.69, 9.17) is 14.2 Å². The van der Waals surface area contributed by atoms with Crippen LogP contribution < -0.4 is 5.32 Å². The Labute approximate surface area is 154 Å². The van der Waals surface area contributed by atoms with Crippen LogP contribution in [-0.2, 0) is 14.2 Å². The molecule has 0 aliphatic carbocycles. The van der Waals surface area contributed by atoms with Crippen LogP contribution in [0.15, 0.2) is 36.8 Å². The fourth-order valence-electron chi connectivity index (χ4n) is 2.65. The van der Waals surface area contributed by atoms with Crippen molar-refractivity contribution in [3.8, 4) is 0 Å². The van der Waals surface area contributed by atoms with Gasteiger partial charge in [0.25, 0.3) is 6.29 Å². The van der Waals surface area contributed by atoms with E-state index in [0.29, 0.717) is 17.5 Å². The molecule has 1 amide bonds. The summed E-state index contributed by atoms with van der Waals surface area (Å²) in [5.74, 6) is 0.0194. The standard InChI is InChI=1S/C20H27NO5/c1-13(2)12-16(21-19(23)26-20(3,4)5)17(22)14-8-6-7-9-15(14)18-24-10-11-25-18/h6-11,13,16,18H,12H2,1-5H3,(H,21,23)/t16-/m1/s1. The molecule has 2 rings (SSSR count). The van der Waals surface area contributed by atoms with Gasteiger partial charge in [-0.25, -0.2) is 4.79 Å². The van der Waals surface area contributed by atoms with E-state index in [1.165, 1.54) is 12.5 Å². The molecule has 0 bridgehead atoms. The summed E-state index contributed by atoms with van der Waals surface area (Å²) in [6.45, 7) is 9.33. The molecule has 0 fully saturated rings. The molecule has 0 saturated heterocycles. The van der Waals surface area contributed by atoms with Gasteiger partial charge in [0.15, 0.2) is 5.78 Å². The van der Waals surface area contributed by atoms with Crippen LogP contribution in [0.5, 0.6) is 0 Å². The van der Waals surface area contributed by atoms with Gasteiger partial charge in [-0.05, 0) is 33.1 Å². The number of hydrogen-bond donors (Lipinski definition) is 1. The number of ether oxygens (including phenoxy) is 3. The highest BCUT2D eigenvalue weighted by Gasteiger charge is 2.30. The van der Waals surface area contributed by atoms with Gasteiger partial charge in [-0.2, -0.15) is 0 Å². The van der Waals surface area contributed by atoms with Gasteiger partial charge in [0, 0.05) is 11.1 Å². The van der Waals surface area contributed by atoms with Crippen molar-refractivity contribution in [2.45, 2.75) is 59.0 Å². The van der Waals surface area contributed by atoms with Crippen molar-refractivity contribution < 1.29 is 23.8 Å². The number of ketones is 1. The average molecular weight is 361 g/mol. The van der Waals surface area contributed by atoms with Gasteiger partial charge >= 0.3 is 6.09 Å². The Kier molecular flexibility index (Phi) is 6.29. The molecule has 26 heavy (non-hydrogen) atoms. The second-order valence-corrected chi connectivity index (χ2v) is 7.66. The van der Waals surface area contributed by atoms with Crippen LogP contribution >= 0.6 is 0 Å². The molecule has 1 atom stereocenters. The Morgan fingerprint density at radius 3 is 2.35 bits per heavy atom. The van der Waals surface area contributed by atoms with Crippen LogP contribution in [0.4, 0.5) is 4.79 Å². The zero-order valence-corrected chi connectivity index (χ0v) is 15.9. The highest BCUT2D eigenvalue weighted by Crippen LogP contribution is 2.28. The lowest BCUT2D eigenvalue weighted by molar-refractivity contribution is -0.0251. The van der Waals surface area contributed by atoms with Gasteiger partial charge < -0.3 is 19.5 Å². The van der Waals surface area contributed by atoms with E-state index in [1.54, 1.807) is 39.0 Å². The number of benzene rings is 1. The summed E-state index contributed by atoms with van der Waals surface area (Å²) in [5, 5.41) is 2.71. The van der Waals surface area contributed by atoms with Crippen LogP contribution in [0.25, 0.3) is 0 Å². The van der Waals surface area contributed by atoms with Crippen molar-refractivity contribution in [3.05, 3.63) is 47.9 Å². The molecule has 0 saturated carbocycles. The highest BCUT2D eigenvalue weighted by molar-refractivity contribution is 6.02. The summed E-state index contributed by atoms with van der Waals surface area (Å²) in [6, 6.07) is 6.40. The average Bonchev–Trinajstić information content (AvgIpc) is 3.05. The van der Waals surface area contributed by atoms with Gasteiger partial charge in [-0.3, -0.25) is 4.79 Å². The van der Waals surface area contributed by atoms with Gasteiger partial charge in [0.05, 0.1) is 6.04 Å². The van der Waals surface area contributed by atoms with E-state index in [1.807, 2.05) is 19.9 Å². The molecule has 1 N–H and O–H groups in total. The van der Waals surface area contributed by atoms with Gasteiger partial charge in [-0.15, -0.1) is 0 Å². The predicted molar refractivity (Wildman–Crippen MR) is 97.4 cm³/mol. The monoisotopic (exact) mass is 361 g/mol. The third-order valence-electron chi connectivity index (χ3n) is 3.65. The fourth-order valence-corrected chi connectivity index (χ4v) is 2.65. The van der Waals surface area contributed by atoms with Crippen molar-refractivity contribution >= 4 is 11.9 Å². The lowest BCUT2D eigenvalue weighted by Crippen LogP contribution is -2.44. The number of hydrogen-bond acceptors (Lipinski definition) is 5. The topological polar surface area (TPSA) is 73.9 Å². The number of rotatable bonds is 6. The zero-order valence-electron chi connectivity index (χ0n) is 15.9. The first-order chi connectivity index (χ1) is 12.2. The van der Waals surface area contributed by atoms with Crippen LogP contribution in [-0.4, -0.2) is 23.5 Å². The van der Waals surface area contributed by atoms with Crippen LogP contribution in [0.3, 0.4) is 0 Å². The molecule has 0 spiro atoms. The minimum atomic E-state index is -0.694. The summed E-state index contributed by atoms with van der Waals surface area (Å²) in [4.78, 5) is 25.3. The third-order valence-corrected chi connectivity index (χ3v) is 3.65. The summed E-state index contributed by atoms with van der Waals surface area (Å²) in [5.41, 5.74) is 0.454. The Bertz CT molecular complexity index is 667. The second-order valence-electron chi connectivity index (χ2n) is 7.66. The normalized spacial score (nSPS) is 15.3. The number of Topliss-reactive ketones (excluding diaryl/α,β-unsaturated/α-hetero) is 1. The maximum atomic E-state index is 13.2. The van der Waals surface area contributed by atoms with Crippen molar-refractivity contribution in [1.82, 2.24) is 5.32 Å². The van der Waals surface area contributed by atoms with E-state index in [0.717, 1.165) is 0 Å². The van der Waals surface area contributed by atoms with Gasteiger partial charge in [0.1, 0.15) is 18.1 Å². The SMILES string of the molecule is CC(C)C[C@@H](NC(=O)OC(C)(C)C)C(=O)c1ccccc1C1OC=CO1. The fraction of sp³-hybridized carbons (Fsp3) is 0.500. The largest absolute Gasteiger partial charge is 0.455 e. The molecule has 1 aliphatic heterocycles. The molecule has 1 aromatic carbocycles. The van der Waals surface area contributed by atoms with Crippen LogP contribution in [0, 0.1) is 5.92 Å². The number of amides is 1. The highest BCUT2D eigenvalue weighted by atomic mass is 16.7. The molecule has 142 valence electrons. The molecule has 6 nitrogen and oxygen atoms in total. The molecule has 0 aromatic heterocycles. The van der Waals surface area contributed by atoms with Crippen molar-refractivity contribution in [3.63, 3.8) is 0 Å². The molecule has 1 heterocycles. The summed E-state index contributed by atoms with van der Waals surface area (Å²) in [6.07, 6.45) is 2.12. The number of carbonyl (C=O) groups is 2. The Balaban J connectivity index is 2.22. The van der Waals surface area contributed by atoms with Crippen LogP contribution in [0.1, 0.15) is 63.3 Å². The first kappa shape index (κ1) is 19.8. The molecule has 1 aromatic rings. The van der Waals surface area contributed by atoms with E-state index in [2.05, 4.69) is 5.32 Å². The number of alkyl carbamates (subject to hydrolysis) is 1. The Hall–Kier alpha value is -2.50. The van der Waals surface area contributed by atoms with Crippen molar-refractivity contribution in [1.29, 1.82) is 0 Å². The molecule has 0 unspecified atom stereocenters. The summed E-state index contributed by atoms with van der Waals surface area (Å²) < 4.78 is 16.0. The Morgan fingerprint density at radius 1 is 1.15 bits per heavy atom. The predicted octanol–water partition coefficient (Wildman–Crippen LogP) is 4.33. The summed E-state index contributed by atoms with van der Waals surface area (Å²) >= 11 is 0. The smallest absolute Gasteiger partial charge is 0.408 e. The van der Waals surface area contributed by atoms with E-state index in [9.17, 15) is 9.59 Å². The van der Waals surface area contributed by atoms with Gasteiger partial charge in [-0.1, -0.05) is 38.1 Å². The van der Waals surface area contributed by atoms with Crippen molar-refractivity contribution in [2.75, 3.05) is 0 Å². The second kappa shape index (κ2) is 8.25. The first-order valence-electron chi connectivity index (χ1n) is 8.76. The maximum Gasteiger partial charge on any atom is 0.408 e. The van der Waals surface area contributed by atoms with Crippen molar-refractivity contribution in [2.24, 2.45) is 5.92 Å². The Morgan fingerprint density at radius 2 is 1.77 bits per heavy atom. The lowest BCUT2D eigenvalue weighted by atomic mass is 9.93. The quantitative estimate of drug-likeness (QED) is 0.764. The molecule has 0 radical (unpaired) electrons. The van der Waals surface area contributed by atoms with E-state index >= 15 is 0 Å². The summed E-state index contributed by atoms with van der Waals surface area (Å²) in [7, 11) is 0. The lowest BCUT2D eigenvalue weighted by Gasteiger charge is -2.25.